The molecule has 0 aromatic heterocycles. The van der Waals surface area contributed by atoms with Crippen LogP contribution in [0, 0.1) is 0 Å². The Balaban J connectivity index is 1.69. The minimum atomic E-state index is 0.279. The summed E-state index contributed by atoms with van der Waals surface area (Å²) in [6, 6.07) is 8.06. The molecule has 98 valence electrons. The fourth-order valence-electron chi connectivity index (χ4n) is 2.22. The van der Waals surface area contributed by atoms with Crippen molar-refractivity contribution in [2.24, 2.45) is 0 Å². The molecule has 0 amide bonds. The van der Waals surface area contributed by atoms with Gasteiger partial charge < -0.3 is 9.47 Å². The van der Waals surface area contributed by atoms with E-state index in [0.29, 0.717) is 18.6 Å². The van der Waals surface area contributed by atoms with E-state index in [-0.39, 0.29) is 6.10 Å². The number of hydrogen-bond acceptors (Lipinski definition) is 3. The van der Waals surface area contributed by atoms with E-state index in [0.717, 1.165) is 31.6 Å². The highest BCUT2D eigenvalue weighted by atomic mass is 16.5. The third-order valence-electron chi connectivity index (χ3n) is 3.39. The van der Waals surface area contributed by atoms with Crippen molar-refractivity contribution < 1.29 is 14.3 Å². The number of ketones is 1. The van der Waals surface area contributed by atoms with Crippen LogP contribution in [0.1, 0.15) is 31.2 Å². The van der Waals surface area contributed by atoms with E-state index in [1.54, 1.807) is 7.11 Å². The van der Waals surface area contributed by atoms with Crippen molar-refractivity contribution in [1.82, 2.24) is 0 Å². The molecular formula is C15H20O3. The lowest BCUT2D eigenvalue weighted by atomic mass is 9.96. The van der Waals surface area contributed by atoms with Gasteiger partial charge in [-0.05, 0) is 37.0 Å². The molecule has 18 heavy (non-hydrogen) atoms. The standard InChI is InChI=1S/C15H20O3/c1-17-14-6-2-12(3-7-14)10-11-18-15-8-4-13(16)5-9-15/h2-3,6-7,15H,4-5,8-11H2,1H3. The largest absolute Gasteiger partial charge is 0.497 e. The Morgan fingerprint density at radius 1 is 1.17 bits per heavy atom. The van der Waals surface area contributed by atoms with Gasteiger partial charge in [0.2, 0.25) is 0 Å². The molecule has 1 aromatic carbocycles. The number of benzene rings is 1. The molecule has 0 bridgehead atoms. The van der Waals surface area contributed by atoms with E-state index in [1.165, 1.54) is 5.56 Å². The van der Waals surface area contributed by atoms with Crippen LogP contribution in [0.2, 0.25) is 0 Å². The van der Waals surface area contributed by atoms with Gasteiger partial charge in [-0.15, -0.1) is 0 Å². The zero-order valence-electron chi connectivity index (χ0n) is 10.9. The summed E-state index contributed by atoms with van der Waals surface area (Å²) in [4.78, 5) is 11.1. The highest BCUT2D eigenvalue weighted by Gasteiger charge is 2.18. The Morgan fingerprint density at radius 3 is 2.44 bits per heavy atom. The molecule has 2 rings (SSSR count). The average molecular weight is 248 g/mol. The van der Waals surface area contributed by atoms with Crippen LogP contribution >= 0.6 is 0 Å². The summed E-state index contributed by atoms with van der Waals surface area (Å²) in [5, 5.41) is 0. The molecule has 1 aromatic rings. The highest BCUT2D eigenvalue weighted by molar-refractivity contribution is 5.79. The minimum Gasteiger partial charge on any atom is -0.497 e. The van der Waals surface area contributed by atoms with Gasteiger partial charge >= 0.3 is 0 Å². The number of rotatable bonds is 5. The molecule has 1 fully saturated rings. The second-order valence-corrected chi connectivity index (χ2v) is 4.71. The lowest BCUT2D eigenvalue weighted by Gasteiger charge is -2.21. The van der Waals surface area contributed by atoms with Crippen LogP contribution in [0.25, 0.3) is 0 Å². The quantitative estimate of drug-likeness (QED) is 0.803. The summed E-state index contributed by atoms with van der Waals surface area (Å²) in [5.74, 6) is 1.26. The molecule has 0 atom stereocenters. The van der Waals surface area contributed by atoms with Crippen LogP contribution < -0.4 is 4.74 Å². The first-order valence-corrected chi connectivity index (χ1v) is 6.54. The van der Waals surface area contributed by atoms with Crippen molar-refractivity contribution in [3.05, 3.63) is 29.8 Å². The number of carbonyl (C=O) groups is 1. The van der Waals surface area contributed by atoms with Crippen molar-refractivity contribution in [3.63, 3.8) is 0 Å². The molecule has 0 aliphatic heterocycles. The molecule has 3 nitrogen and oxygen atoms in total. The van der Waals surface area contributed by atoms with Crippen LogP contribution in [0.5, 0.6) is 5.75 Å². The molecule has 0 radical (unpaired) electrons. The maximum atomic E-state index is 11.1. The number of Topliss-reactive ketones (excluding diaryl/α,β-unsaturated/α-hetero) is 1. The first-order chi connectivity index (χ1) is 8.78. The zero-order chi connectivity index (χ0) is 12.8. The van der Waals surface area contributed by atoms with Crippen molar-refractivity contribution >= 4 is 5.78 Å². The van der Waals surface area contributed by atoms with Gasteiger partial charge in [0.15, 0.2) is 0 Å². The topological polar surface area (TPSA) is 35.5 Å². The van der Waals surface area contributed by atoms with Gasteiger partial charge in [-0.25, -0.2) is 0 Å². The number of ether oxygens (including phenoxy) is 2. The van der Waals surface area contributed by atoms with Crippen LogP contribution in [0.15, 0.2) is 24.3 Å². The van der Waals surface area contributed by atoms with Crippen molar-refractivity contribution in [2.45, 2.75) is 38.2 Å². The Morgan fingerprint density at radius 2 is 1.83 bits per heavy atom. The zero-order valence-corrected chi connectivity index (χ0v) is 10.9. The molecule has 0 spiro atoms. The Bertz CT molecular complexity index is 373. The average Bonchev–Trinajstić information content (AvgIpc) is 2.42. The van der Waals surface area contributed by atoms with E-state index in [9.17, 15) is 4.79 Å². The maximum absolute atomic E-state index is 11.1. The van der Waals surface area contributed by atoms with Gasteiger partial charge in [0, 0.05) is 12.8 Å². The summed E-state index contributed by atoms with van der Waals surface area (Å²) in [5.41, 5.74) is 1.25. The van der Waals surface area contributed by atoms with Gasteiger partial charge in [-0.2, -0.15) is 0 Å². The molecule has 1 aliphatic carbocycles. The monoisotopic (exact) mass is 248 g/mol. The predicted molar refractivity (Wildman–Crippen MR) is 69.9 cm³/mol. The first-order valence-electron chi connectivity index (χ1n) is 6.54. The molecule has 1 saturated carbocycles. The molecule has 3 heteroatoms. The summed E-state index contributed by atoms with van der Waals surface area (Å²) < 4.78 is 10.9. The van der Waals surface area contributed by atoms with Crippen molar-refractivity contribution in [3.8, 4) is 5.75 Å². The van der Waals surface area contributed by atoms with E-state index >= 15 is 0 Å². The van der Waals surface area contributed by atoms with Gasteiger partial charge in [0.05, 0.1) is 19.8 Å². The molecule has 0 unspecified atom stereocenters. The van der Waals surface area contributed by atoms with E-state index in [2.05, 4.69) is 12.1 Å². The lowest BCUT2D eigenvalue weighted by Crippen LogP contribution is -2.22. The van der Waals surface area contributed by atoms with Crippen molar-refractivity contribution in [1.29, 1.82) is 0 Å². The summed E-state index contributed by atoms with van der Waals surface area (Å²) in [7, 11) is 1.67. The van der Waals surface area contributed by atoms with Crippen molar-refractivity contribution in [2.75, 3.05) is 13.7 Å². The normalized spacial score (nSPS) is 16.8. The van der Waals surface area contributed by atoms with E-state index in [4.69, 9.17) is 9.47 Å². The molecule has 0 heterocycles. The number of carbonyl (C=O) groups excluding carboxylic acids is 1. The van der Waals surface area contributed by atoms with Crippen LogP contribution in [-0.4, -0.2) is 25.6 Å². The lowest BCUT2D eigenvalue weighted by molar-refractivity contribution is -0.122. The minimum absolute atomic E-state index is 0.279. The van der Waals surface area contributed by atoms with Gasteiger partial charge in [0.1, 0.15) is 11.5 Å². The van der Waals surface area contributed by atoms with E-state index in [1.807, 2.05) is 12.1 Å². The second kappa shape index (κ2) is 6.55. The SMILES string of the molecule is COc1ccc(CCOC2CCC(=O)CC2)cc1. The third-order valence-corrected chi connectivity index (χ3v) is 3.39. The maximum Gasteiger partial charge on any atom is 0.133 e. The Kier molecular flexibility index (Phi) is 4.76. The summed E-state index contributed by atoms with van der Waals surface area (Å²) in [6.07, 6.45) is 4.35. The Hall–Kier alpha value is -1.35. The predicted octanol–water partition coefficient (Wildman–Crippen LogP) is 2.77. The number of methoxy groups -OCH3 is 1. The fraction of sp³-hybridized carbons (Fsp3) is 0.533. The van der Waals surface area contributed by atoms with Crippen LogP contribution in [0.4, 0.5) is 0 Å². The number of hydrogen-bond donors (Lipinski definition) is 0. The van der Waals surface area contributed by atoms with Gasteiger partial charge in [-0.1, -0.05) is 12.1 Å². The van der Waals surface area contributed by atoms with Crippen LogP contribution in [-0.2, 0) is 16.0 Å². The van der Waals surface area contributed by atoms with Crippen LogP contribution in [0.3, 0.4) is 0 Å². The molecule has 1 aliphatic rings. The molecular weight excluding hydrogens is 228 g/mol. The third kappa shape index (κ3) is 3.84. The second-order valence-electron chi connectivity index (χ2n) is 4.71. The van der Waals surface area contributed by atoms with Gasteiger partial charge in [-0.3, -0.25) is 4.79 Å². The van der Waals surface area contributed by atoms with E-state index < -0.39 is 0 Å². The fourth-order valence-corrected chi connectivity index (χ4v) is 2.22. The summed E-state index contributed by atoms with van der Waals surface area (Å²) >= 11 is 0. The molecule has 0 saturated heterocycles. The highest BCUT2D eigenvalue weighted by Crippen LogP contribution is 2.18. The summed E-state index contributed by atoms with van der Waals surface area (Å²) in [6.45, 7) is 0.727. The molecule has 0 N–H and O–H groups in total. The Labute approximate surface area is 108 Å². The smallest absolute Gasteiger partial charge is 0.133 e. The van der Waals surface area contributed by atoms with Gasteiger partial charge in [0.25, 0.3) is 0 Å². The first kappa shape index (κ1) is 13.1.